The van der Waals surface area contributed by atoms with Crippen molar-refractivity contribution >= 4 is 21.8 Å². The van der Waals surface area contributed by atoms with E-state index in [0.29, 0.717) is 11.4 Å². The molecule has 3 aromatic rings. The van der Waals surface area contributed by atoms with Crippen LogP contribution in [0.2, 0.25) is 0 Å². The molecule has 3 aromatic carbocycles. The van der Waals surface area contributed by atoms with E-state index in [2.05, 4.69) is 0 Å². The smallest absolute Gasteiger partial charge is 0.268 e. The molecular formula is C27H29NO4S. The van der Waals surface area contributed by atoms with Gasteiger partial charge in [-0.3, -0.25) is 4.31 Å². The van der Waals surface area contributed by atoms with E-state index in [-0.39, 0.29) is 17.0 Å². The van der Waals surface area contributed by atoms with Gasteiger partial charge in [0.15, 0.2) is 0 Å². The summed E-state index contributed by atoms with van der Waals surface area (Å²) in [6.07, 6.45) is 4.82. The maximum absolute atomic E-state index is 13.9. The van der Waals surface area contributed by atoms with Gasteiger partial charge in [0.25, 0.3) is 10.0 Å². The van der Waals surface area contributed by atoms with Crippen molar-refractivity contribution in [1.82, 2.24) is 0 Å². The Morgan fingerprint density at radius 1 is 0.970 bits per heavy atom. The molecule has 0 N–H and O–H groups in total. The Hall–Kier alpha value is -3.25. The average molecular weight is 464 g/mol. The Kier molecular flexibility index (Phi) is 6.21. The van der Waals surface area contributed by atoms with Crippen LogP contribution in [0.25, 0.3) is 6.08 Å². The van der Waals surface area contributed by atoms with E-state index in [1.54, 1.807) is 24.3 Å². The fraction of sp³-hybridized carbons (Fsp3) is 0.259. The fourth-order valence-electron chi connectivity index (χ4n) is 3.87. The van der Waals surface area contributed by atoms with Gasteiger partial charge in [0.1, 0.15) is 22.0 Å². The number of aryl methyl sites for hydroxylation is 1. The van der Waals surface area contributed by atoms with Crippen molar-refractivity contribution in [2.75, 3.05) is 11.4 Å². The molecule has 5 nitrogen and oxygen atoms in total. The fourth-order valence-corrected chi connectivity index (χ4v) is 5.46. The molecule has 0 bridgehead atoms. The van der Waals surface area contributed by atoms with Crippen molar-refractivity contribution in [3.8, 4) is 11.5 Å². The Bertz CT molecular complexity index is 1280. The van der Waals surface area contributed by atoms with Crippen LogP contribution in [-0.4, -0.2) is 21.1 Å². The van der Waals surface area contributed by atoms with E-state index in [4.69, 9.17) is 9.47 Å². The summed E-state index contributed by atoms with van der Waals surface area (Å²) in [7, 11) is -2.40. The summed E-state index contributed by atoms with van der Waals surface area (Å²) in [6.45, 7) is 6.20. The highest BCUT2D eigenvalue weighted by Crippen LogP contribution is 2.35. The SMILES string of the molecule is CCc1ccc(S(=O)(=O)N(Cc2ccc3c(c2)C=CC(C)(C)O3)c2ccccc2)c(OC)c1. The predicted octanol–water partition coefficient (Wildman–Crippen LogP) is 5.84. The monoisotopic (exact) mass is 463 g/mol. The lowest BCUT2D eigenvalue weighted by atomic mass is 10.0. The highest BCUT2D eigenvalue weighted by atomic mass is 32.2. The first kappa shape index (κ1) is 22.9. The Labute approximate surface area is 196 Å². The van der Waals surface area contributed by atoms with Crippen molar-refractivity contribution in [2.24, 2.45) is 0 Å². The highest BCUT2D eigenvalue weighted by molar-refractivity contribution is 7.92. The van der Waals surface area contributed by atoms with Crippen LogP contribution in [0.3, 0.4) is 0 Å². The molecule has 0 saturated heterocycles. The van der Waals surface area contributed by atoms with E-state index in [9.17, 15) is 8.42 Å². The third-order valence-corrected chi connectivity index (χ3v) is 7.50. The number of nitrogens with zero attached hydrogens (tertiary/aromatic N) is 1. The van der Waals surface area contributed by atoms with E-state index in [1.165, 1.54) is 11.4 Å². The number of methoxy groups -OCH3 is 1. The van der Waals surface area contributed by atoms with Crippen molar-refractivity contribution in [1.29, 1.82) is 0 Å². The minimum absolute atomic E-state index is 0.147. The van der Waals surface area contributed by atoms with E-state index >= 15 is 0 Å². The zero-order valence-corrected chi connectivity index (χ0v) is 20.2. The van der Waals surface area contributed by atoms with Crippen LogP contribution < -0.4 is 13.8 Å². The quantitative estimate of drug-likeness (QED) is 0.442. The molecule has 0 aliphatic carbocycles. The maximum Gasteiger partial charge on any atom is 0.268 e. The minimum Gasteiger partial charge on any atom is -0.495 e. The molecule has 0 atom stereocenters. The summed E-state index contributed by atoms with van der Waals surface area (Å²) in [5.41, 5.74) is 3.03. The van der Waals surface area contributed by atoms with E-state index in [1.807, 2.05) is 75.4 Å². The zero-order valence-electron chi connectivity index (χ0n) is 19.4. The summed E-state index contributed by atoms with van der Waals surface area (Å²) in [6, 6.07) is 20.2. The molecular weight excluding hydrogens is 434 g/mol. The summed E-state index contributed by atoms with van der Waals surface area (Å²) in [5, 5.41) is 0. The second-order valence-electron chi connectivity index (χ2n) is 8.60. The Balaban J connectivity index is 1.76. The van der Waals surface area contributed by atoms with Crippen LogP contribution in [0.5, 0.6) is 11.5 Å². The number of anilines is 1. The molecule has 0 aromatic heterocycles. The van der Waals surface area contributed by atoms with Gasteiger partial charge in [0.05, 0.1) is 19.3 Å². The van der Waals surface area contributed by atoms with Gasteiger partial charge in [-0.15, -0.1) is 0 Å². The molecule has 0 amide bonds. The van der Waals surface area contributed by atoms with Crippen molar-refractivity contribution < 1.29 is 17.9 Å². The normalized spacial score (nSPS) is 14.3. The Morgan fingerprint density at radius 3 is 2.39 bits per heavy atom. The highest BCUT2D eigenvalue weighted by Gasteiger charge is 2.29. The summed E-state index contributed by atoms with van der Waals surface area (Å²) in [5.74, 6) is 1.14. The summed E-state index contributed by atoms with van der Waals surface area (Å²) >= 11 is 0. The van der Waals surface area contributed by atoms with Crippen LogP contribution in [0, 0.1) is 0 Å². The number of ether oxygens (including phenoxy) is 2. The van der Waals surface area contributed by atoms with Crippen molar-refractivity contribution in [2.45, 2.75) is 44.2 Å². The molecule has 0 spiro atoms. The number of benzene rings is 3. The van der Waals surface area contributed by atoms with Gasteiger partial charge >= 0.3 is 0 Å². The topological polar surface area (TPSA) is 55.8 Å². The first-order chi connectivity index (χ1) is 15.7. The maximum atomic E-state index is 13.9. The molecule has 6 heteroatoms. The van der Waals surface area contributed by atoms with Crippen LogP contribution >= 0.6 is 0 Å². The molecule has 1 aliphatic rings. The number of hydrogen-bond donors (Lipinski definition) is 0. The number of fused-ring (bicyclic) bond motifs is 1. The van der Waals surface area contributed by atoms with Crippen molar-refractivity contribution in [3.63, 3.8) is 0 Å². The lowest BCUT2D eigenvalue weighted by Gasteiger charge is -2.29. The predicted molar refractivity (Wildman–Crippen MR) is 132 cm³/mol. The van der Waals surface area contributed by atoms with Gasteiger partial charge in [-0.05, 0) is 73.9 Å². The van der Waals surface area contributed by atoms with Crippen molar-refractivity contribution in [3.05, 3.63) is 89.5 Å². The van der Waals surface area contributed by atoms with Gasteiger partial charge in [-0.1, -0.05) is 43.3 Å². The van der Waals surface area contributed by atoms with Gasteiger partial charge < -0.3 is 9.47 Å². The summed E-state index contributed by atoms with van der Waals surface area (Å²) < 4.78 is 40.7. The molecule has 0 saturated carbocycles. The molecule has 0 radical (unpaired) electrons. The molecule has 0 unspecified atom stereocenters. The van der Waals surface area contributed by atoms with Crippen LogP contribution in [0.15, 0.2) is 77.7 Å². The number of rotatable bonds is 7. The number of hydrogen-bond acceptors (Lipinski definition) is 4. The van der Waals surface area contributed by atoms with Gasteiger partial charge in [-0.25, -0.2) is 8.42 Å². The van der Waals surface area contributed by atoms with Crippen LogP contribution in [0.1, 0.15) is 37.5 Å². The second kappa shape index (κ2) is 8.94. The largest absolute Gasteiger partial charge is 0.495 e. The van der Waals surface area contributed by atoms with Crippen LogP contribution in [-0.2, 0) is 23.0 Å². The lowest BCUT2D eigenvalue weighted by molar-refractivity contribution is 0.159. The second-order valence-corrected chi connectivity index (χ2v) is 10.4. The first-order valence-corrected chi connectivity index (χ1v) is 12.4. The molecule has 0 fully saturated rings. The molecule has 1 aliphatic heterocycles. The third kappa shape index (κ3) is 4.76. The number of sulfonamides is 1. The lowest BCUT2D eigenvalue weighted by Crippen LogP contribution is -2.31. The number of para-hydroxylation sites is 1. The van der Waals surface area contributed by atoms with Crippen LogP contribution in [0.4, 0.5) is 5.69 Å². The average Bonchev–Trinajstić information content (AvgIpc) is 2.82. The molecule has 33 heavy (non-hydrogen) atoms. The summed E-state index contributed by atoms with van der Waals surface area (Å²) in [4.78, 5) is 0.147. The standard InChI is InChI=1S/C27H29NO4S/c1-5-20-12-14-26(25(18-20)31-4)33(29,30)28(23-9-7-6-8-10-23)19-21-11-13-24-22(17-21)15-16-27(2,3)32-24/h6-18H,5,19H2,1-4H3. The third-order valence-electron chi connectivity index (χ3n) is 5.69. The van der Waals surface area contributed by atoms with Gasteiger partial charge in [0.2, 0.25) is 0 Å². The molecule has 4 rings (SSSR count). The minimum atomic E-state index is -3.90. The first-order valence-electron chi connectivity index (χ1n) is 11.0. The van der Waals surface area contributed by atoms with Gasteiger partial charge in [0, 0.05) is 5.56 Å². The van der Waals surface area contributed by atoms with Gasteiger partial charge in [-0.2, -0.15) is 0 Å². The van der Waals surface area contributed by atoms with E-state index < -0.39 is 10.0 Å². The molecule has 1 heterocycles. The Morgan fingerprint density at radius 2 is 1.70 bits per heavy atom. The zero-order chi connectivity index (χ0) is 23.6. The molecule has 172 valence electrons. The van der Waals surface area contributed by atoms with E-state index in [0.717, 1.165) is 28.9 Å².